The Labute approximate surface area is 114 Å². The minimum Gasteiger partial charge on any atom is -0.467 e. The van der Waals surface area contributed by atoms with Crippen LogP contribution in [-0.2, 0) is 9.84 Å². The molecule has 0 saturated carbocycles. The highest BCUT2D eigenvalue weighted by Gasteiger charge is 2.19. The lowest BCUT2D eigenvalue weighted by molar-refractivity contribution is 0.378. The molecule has 0 aliphatic heterocycles. The molecule has 0 aliphatic rings. The third-order valence-corrected chi connectivity index (χ3v) is 4.83. The van der Waals surface area contributed by atoms with Crippen molar-refractivity contribution in [2.24, 2.45) is 0 Å². The van der Waals surface area contributed by atoms with Gasteiger partial charge in [0.05, 0.1) is 12.9 Å². The predicted molar refractivity (Wildman–Crippen MR) is 75.5 cm³/mol. The van der Waals surface area contributed by atoms with Gasteiger partial charge in [0.2, 0.25) is 0 Å². The minimum absolute atomic E-state index is 0.103. The summed E-state index contributed by atoms with van der Waals surface area (Å²) < 4.78 is 28.3. The molecule has 1 aromatic heterocycles. The molecule has 19 heavy (non-hydrogen) atoms. The van der Waals surface area contributed by atoms with Gasteiger partial charge < -0.3 is 9.64 Å². The number of ether oxygens (including phenoxy) is 1. The first kappa shape index (κ1) is 15.7. The van der Waals surface area contributed by atoms with E-state index in [0.29, 0.717) is 5.82 Å². The lowest BCUT2D eigenvalue weighted by Crippen LogP contribution is -2.36. The number of hydrogen-bond donors (Lipinski definition) is 0. The van der Waals surface area contributed by atoms with Crippen LogP contribution in [0.15, 0.2) is 6.07 Å². The first-order valence-electron chi connectivity index (χ1n) is 6.12. The summed E-state index contributed by atoms with van der Waals surface area (Å²) in [5.41, 5.74) is 0.777. The number of aryl methyl sites for hydroxylation is 1. The van der Waals surface area contributed by atoms with Gasteiger partial charge in [-0.05, 0) is 13.8 Å². The van der Waals surface area contributed by atoms with Gasteiger partial charge in [0, 0.05) is 30.6 Å². The van der Waals surface area contributed by atoms with Gasteiger partial charge in [-0.2, -0.15) is 4.98 Å². The van der Waals surface area contributed by atoms with Gasteiger partial charge in [-0.3, -0.25) is 0 Å². The Hall–Kier alpha value is -1.37. The monoisotopic (exact) mass is 287 g/mol. The Morgan fingerprint density at radius 3 is 2.58 bits per heavy atom. The molecule has 108 valence electrons. The summed E-state index contributed by atoms with van der Waals surface area (Å²) >= 11 is 0. The standard InChI is InChI=1S/C12H21N3O3S/c1-6-19(16,17)8-10(3)15(4)11-7-9(2)13-12(14-11)18-5/h7,10H,6,8H2,1-5H3. The summed E-state index contributed by atoms with van der Waals surface area (Å²) in [6.07, 6.45) is 0. The van der Waals surface area contributed by atoms with E-state index in [2.05, 4.69) is 9.97 Å². The van der Waals surface area contributed by atoms with Gasteiger partial charge in [0.1, 0.15) is 5.82 Å². The van der Waals surface area contributed by atoms with Crippen LogP contribution in [0.1, 0.15) is 19.5 Å². The molecular weight excluding hydrogens is 266 g/mol. The molecule has 0 aliphatic carbocycles. The summed E-state index contributed by atoms with van der Waals surface area (Å²) in [6.45, 7) is 5.35. The molecule has 0 radical (unpaired) electrons. The highest BCUT2D eigenvalue weighted by Crippen LogP contribution is 2.17. The molecule has 6 nitrogen and oxygen atoms in total. The van der Waals surface area contributed by atoms with Crippen molar-refractivity contribution < 1.29 is 13.2 Å². The van der Waals surface area contributed by atoms with E-state index in [-0.39, 0.29) is 23.6 Å². The largest absolute Gasteiger partial charge is 0.467 e. The smallest absolute Gasteiger partial charge is 0.318 e. The Morgan fingerprint density at radius 1 is 1.42 bits per heavy atom. The van der Waals surface area contributed by atoms with Crippen LogP contribution in [0.3, 0.4) is 0 Å². The fourth-order valence-electron chi connectivity index (χ4n) is 1.62. The molecule has 7 heteroatoms. The Kier molecular flexibility index (Phi) is 5.11. The molecule has 0 saturated heterocycles. The number of anilines is 1. The normalized spacial score (nSPS) is 13.1. The number of sulfone groups is 1. The van der Waals surface area contributed by atoms with Crippen LogP contribution in [0.4, 0.5) is 5.82 Å². The second-order valence-electron chi connectivity index (χ2n) is 4.51. The summed E-state index contributed by atoms with van der Waals surface area (Å²) in [5, 5.41) is 0. The van der Waals surface area contributed by atoms with E-state index in [1.54, 1.807) is 13.0 Å². The third kappa shape index (κ3) is 4.34. The molecule has 1 aromatic rings. The van der Waals surface area contributed by atoms with Crippen LogP contribution >= 0.6 is 0 Å². The highest BCUT2D eigenvalue weighted by atomic mass is 32.2. The second-order valence-corrected chi connectivity index (χ2v) is 6.91. The minimum atomic E-state index is -3.01. The van der Waals surface area contributed by atoms with Crippen molar-refractivity contribution in [2.45, 2.75) is 26.8 Å². The number of hydrogen-bond acceptors (Lipinski definition) is 6. The number of nitrogens with zero attached hydrogens (tertiary/aromatic N) is 3. The molecule has 0 fully saturated rings. The molecule has 1 heterocycles. The maximum absolute atomic E-state index is 11.7. The fourth-order valence-corrected chi connectivity index (χ4v) is 2.81. The molecule has 0 aromatic carbocycles. The van der Waals surface area contributed by atoms with Gasteiger partial charge in [0.15, 0.2) is 9.84 Å². The van der Waals surface area contributed by atoms with Crippen LogP contribution in [0, 0.1) is 6.92 Å². The van der Waals surface area contributed by atoms with E-state index < -0.39 is 9.84 Å². The van der Waals surface area contributed by atoms with Gasteiger partial charge in [-0.15, -0.1) is 0 Å². The average molecular weight is 287 g/mol. The third-order valence-electron chi connectivity index (χ3n) is 2.96. The zero-order chi connectivity index (χ0) is 14.6. The van der Waals surface area contributed by atoms with Crippen LogP contribution in [0.25, 0.3) is 0 Å². The Bertz CT molecular complexity index is 531. The van der Waals surface area contributed by atoms with E-state index in [9.17, 15) is 8.42 Å². The van der Waals surface area contributed by atoms with E-state index in [4.69, 9.17) is 4.74 Å². The van der Waals surface area contributed by atoms with Crippen molar-refractivity contribution in [1.82, 2.24) is 9.97 Å². The van der Waals surface area contributed by atoms with E-state index in [0.717, 1.165) is 5.69 Å². The van der Waals surface area contributed by atoms with Crippen LogP contribution < -0.4 is 9.64 Å². The molecule has 1 atom stereocenters. The zero-order valence-electron chi connectivity index (χ0n) is 12.0. The summed E-state index contributed by atoms with van der Waals surface area (Å²) in [5.74, 6) is 0.908. The van der Waals surface area contributed by atoms with Gasteiger partial charge in [-0.25, -0.2) is 13.4 Å². The molecular formula is C12H21N3O3S. The van der Waals surface area contributed by atoms with Gasteiger partial charge in [0.25, 0.3) is 0 Å². The summed E-state index contributed by atoms with van der Waals surface area (Å²) in [6, 6.07) is 1.92. The van der Waals surface area contributed by atoms with Crippen molar-refractivity contribution >= 4 is 15.7 Å². The number of methoxy groups -OCH3 is 1. The maximum Gasteiger partial charge on any atom is 0.318 e. The fraction of sp³-hybridized carbons (Fsp3) is 0.667. The maximum atomic E-state index is 11.7. The van der Waals surface area contributed by atoms with Crippen LogP contribution in [0.5, 0.6) is 6.01 Å². The van der Waals surface area contributed by atoms with Crippen molar-refractivity contribution in [3.05, 3.63) is 11.8 Å². The van der Waals surface area contributed by atoms with Gasteiger partial charge in [-0.1, -0.05) is 6.92 Å². The van der Waals surface area contributed by atoms with Crippen molar-refractivity contribution in [3.63, 3.8) is 0 Å². The predicted octanol–water partition coefficient (Wildman–Crippen LogP) is 1.05. The molecule has 0 N–H and O–H groups in total. The van der Waals surface area contributed by atoms with E-state index in [1.807, 2.05) is 25.8 Å². The quantitative estimate of drug-likeness (QED) is 0.779. The van der Waals surface area contributed by atoms with E-state index >= 15 is 0 Å². The lowest BCUT2D eigenvalue weighted by Gasteiger charge is -2.26. The summed E-state index contributed by atoms with van der Waals surface area (Å²) in [7, 11) is 0.306. The zero-order valence-corrected chi connectivity index (χ0v) is 12.9. The SMILES string of the molecule is CCS(=O)(=O)CC(C)N(C)c1cc(C)nc(OC)n1. The molecule has 1 unspecified atom stereocenters. The molecule has 0 spiro atoms. The van der Waals surface area contributed by atoms with Crippen molar-refractivity contribution in [3.8, 4) is 6.01 Å². The summed E-state index contributed by atoms with van der Waals surface area (Å²) in [4.78, 5) is 10.2. The highest BCUT2D eigenvalue weighted by molar-refractivity contribution is 7.91. The molecule has 0 amide bonds. The Balaban J connectivity index is 2.93. The first-order chi connectivity index (χ1) is 8.79. The Morgan fingerprint density at radius 2 is 2.05 bits per heavy atom. The topological polar surface area (TPSA) is 72.4 Å². The number of aromatic nitrogens is 2. The number of rotatable bonds is 6. The van der Waals surface area contributed by atoms with Crippen molar-refractivity contribution in [2.75, 3.05) is 30.6 Å². The second kappa shape index (κ2) is 6.18. The van der Waals surface area contributed by atoms with Crippen LogP contribution in [0.2, 0.25) is 0 Å². The molecule has 0 bridgehead atoms. The van der Waals surface area contributed by atoms with E-state index in [1.165, 1.54) is 7.11 Å². The molecule has 1 rings (SSSR count). The van der Waals surface area contributed by atoms with Crippen LogP contribution in [-0.4, -0.2) is 50.1 Å². The average Bonchev–Trinajstić information content (AvgIpc) is 2.36. The lowest BCUT2D eigenvalue weighted by atomic mass is 10.3. The van der Waals surface area contributed by atoms with Crippen molar-refractivity contribution in [1.29, 1.82) is 0 Å². The van der Waals surface area contributed by atoms with Gasteiger partial charge >= 0.3 is 6.01 Å². The first-order valence-corrected chi connectivity index (χ1v) is 7.94.